The van der Waals surface area contributed by atoms with Crippen LogP contribution in [0.3, 0.4) is 0 Å². The van der Waals surface area contributed by atoms with Crippen LogP contribution in [0.2, 0.25) is 0 Å². The Labute approximate surface area is 217 Å². The van der Waals surface area contributed by atoms with Gasteiger partial charge in [-0.15, -0.1) is 0 Å². The minimum atomic E-state index is -0.774. The zero-order valence-electron chi connectivity index (χ0n) is 22.1. The molecule has 2 N–H and O–H groups in total. The van der Waals surface area contributed by atoms with E-state index in [0.717, 1.165) is 46.5 Å². The summed E-state index contributed by atoms with van der Waals surface area (Å²) in [6, 6.07) is 12.9. The van der Waals surface area contributed by atoms with Gasteiger partial charge in [-0.3, -0.25) is 14.5 Å². The molecular weight excluding hydrogens is 468 g/mol. The molecule has 0 fully saturated rings. The van der Waals surface area contributed by atoms with Crippen molar-refractivity contribution in [3.05, 3.63) is 71.0 Å². The van der Waals surface area contributed by atoms with Gasteiger partial charge in [0.05, 0.1) is 5.69 Å². The molecule has 0 spiro atoms. The summed E-state index contributed by atoms with van der Waals surface area (Å²) in [6.45, 7) is 6.95. The number of nitrogens with zero attached hydrogens (tertiary/aromatic N) is 2. The number of anilines is 1. The maximum atomic E-state index is 12.9. The highest BCUT2D eigenvalue weighted by Crippen LogP contribution is 2.35. The molecule has 0 saturated carbocycles. The van der Waals surface area contributed by atoms with Gasteiger partial charge in [-0.1, -0.05) is 30.3 Å². The highest BCUT2D eigenvalue weighted by Gasteiger charge is 2.28. The second-order valence-corrected chi connectivity index (χ2v) is 10.5. The molecule has 1 atom stereocenters. The summed E-state index contributed by atoms with van der Waals surface area (Å²) in [4.78, 5) is 47.3. The summed E-state index contributed by atoms with van der Waals surface area (Å²) in [6.07, 6.45) is 3.87. The van der Waals surface area contributed by atoms with E-state index in [1.165, 1.54) is 11.9 Å². The molecule has 0 unspecified atom stereocenters. The number of hydrogen-bond donors (Lipinski definition) is 2. The number of carbonyl (C=O) groups is 3. The number of carbonyl (C=O) groups excluding carboxylic acids is 3. The van der Waals surface area contributed by atoms with Crippen LogP contribution in [0.5, 0.6) is 0 Å². The third-order valence-corrected chi connectivity index (χ3v) is 6.46. The van der Waals surface area contributed by atoms with Crippen LogP contribution in [0, 0.1) is 0 Å². The van der Waals surface area contributed by atoms with Crippen molar-refractivity contribution in [2.75, 3.05) is 12.4 Å². The van der Waals surface area contributed by atoms with Crippen LogP contribution in [0.4, 0.5) is 10.6 Å². The second-order valence-electron chi connectivity index (χ2n) is 10.5. The Morgan fingerprint density at radius 3 is 2.59 bits per heavy atom. The molecule has 8 heteroatoms. The highest BCUT2D eigenvalue weighted by atomic mass is 16.6. The van der Waals surface area contributed by atoms with Crippen molar-refractivity contribution in [2.45, 2.75) is 65.0 Å². The van der Waals surface area contributed by atoms with E-state index in [1.807, 2.05) is 24.3 Å². The number of Topliss-reactive ketones (excluding diaryl/α,β-unsaturated/α-hetero) is 1. The topological polar surface area (TPSA) is 104 Å². The lowest BCUT2D eigenvalue weighted by Crippen LogP contribution is -2.45. The fourth-order valence-corrected chi connectivity index (χ4v) is 4.45. The highest BCUT2D eigenvalue weighted by molar-refractivity contribution is 6.02. The number of likely N-dealkylation sites (N-methyl/N-ethyl adjacent to an activating group) is 1. The van der Waals surface area contributed by atoms with Crippen LogP contribution in [0.25, 0.3) is 11.3 Å². The molecule has 1 aliphatic rings. The van der Waals surface area contributed by atoms with Gasteiger partial charge in [0.15, 0.2) is 5.78 Å². The van der Waals surface area contributed by atoms with Crippen molar-refractivity contribution in [1.82, 2.24) is 14.9 Å². The third kappa shape index (κ3) is 6.07. The summed E-state index contributed by atoms with van der Waals surface area (Å²) < 4.78 is 5.37. The van der Waals surface area contributed by atoms with E-state index in [-0.39, 0.29) is 11.7 Å². The first-order valence-electron chi connectivity index (χ1n) is 12.6. The summed E-state index contributed by atoms with van der Waals surface area (Å²) >= 11 is 0. The van der Waals surface area contributed by atoms with Gasteiger partial charge in [0, 0.05) is 42.9 Å². The van der Waals surface area contributed by atoms with Crippen LogP contribution in [-0.2, 0) is 22.4 Å². The number of aryl methyl sites for hydroxylation is 1. The van der Waals surface area contributed by atoms with Crippen molar-refractivity contribution in [1.29, 1.82) is 0 Å². The number of amides is 2. The average Bonchev–Trinajstić information content (AvgIpc) is 3.22. The number of aromatic nitrogens is 2. The van der Waals surface area contributed by atoms with E-state index in [4.69, 9.17) is 4.74 Å². The number of ether oxygens (including phenoxy) is 1. The molecular formula is C29H34N4O4. The van der Waals surface area contributed by atoms with Crippen molar-refractivity contribution >= 4 is 23.6 Å². The molecule has 0 bridgehead atoms. The lowest BCUT2D eigenvalue weighted by Gasteiger charge is -2.28. The fourth-order valence-electron chi connectivity index (χ4n) is 4.45. The molecule has 2 heterocycles. The number of ketones is 1. The zero-order chi connectivity index (χ0) is 26.7. The molecule has 0 saturated heterocycles. The minimum absolute atomic E-state index is 0.163. The first-order valence-corrected chi connectivity index (χ1v) is 12.6. The average molecular weight is 503 g/mol. The van der Waals surface area contributed by atoms with E-state index in [0.29, 0.717) is 18.7 Å². The minimum Gasteiger partial charge on any atom is -0.444 e. The van der Waals surface area contributed by atoms with Crippen LogP contribution in [0.15, 0.2) is 48.7 Å². The van der Waals surface area contributed by atoms with E-state index >= 15 is 0 Å². The van der Waals surface area contributed by atoms with Gasteiger partial charge in [-0.2, -0.15) is 0 Å². The Kier molecular flexibility index (Phi) is 7.47. The SMILES string of the molecule is C[C@@H](C(=O)Nc1cc(-c2[nH]c3c(c2Cc2ccccc2)C(=O)CCC3)ccn1)N(C)C(=O)OC(C)(C)C. The number of benzene rings is 1. The second kappa shape index (κ2) is 10.6. The number of fused-ring (bicyclic) bond motifs is 1. The number of pyridine rings is 1. The third-order valence-electron chi connectivity index (χ3n) is 6.46. The summed E-state index contributed by atoms with van der Waals surface area (Å²) in [7, 11) is 1.53. The van der Waals surface area contributed by atoms with Gasteiger partial charge < -0.3 is 15.0 Å². The van der Waals surface area contributed by atoms with Crippen molar-refractivity contribution in [2.24, 2.45) is 0 Å². The van der Waals surface area contributed by atoms with Crippen LogP contribution in [0.1, 0.15) is 67.7 Å². The van der Waals surface area contributed by atoms with E-state index in [2.05, 4.69) is 27.4 Å². The standard InChI is InChI=1S/C29H34N4O4/c1-18(33(5)28(36)37-29(2,3)4)27(35)32-24-17-20(14-15-30-24)26-21(16-19-10-7-6-8-11-19)25-22(31-26)12-9-13-23(25)34/h6-8,10-11,14-15,17-18,31H,9,12-13,16H2,1-5H3,(H,30,32,35)/t18-/m0/s1. The summed E-state index contributed by atoms with van der Waals surface area (Å²) in [5, 5.41) is 2.81. The first-order chi connectivity index (χ1) is 17.5. The number of H-pyrrole nitrogens is 1. The van der Waals surface area contributed by atoms with Gasteiger partial charge in [0.1, 0.15) is 17.5 Å². The normalized spacial score (nSPS) is 14.0. The molecule has 194 valence electrons. The van der Waals surface area contributed by atoms with Crippen LogP contribution in [-0.4, -0.2) is 51.3 Å². The fraction of sp³-hybridized carbons (Fsp3) is 0.379. The first kappa shape index (κ1) is 26.1. The molecule has 4 rings (SSSR count). The number of rotatable bonds is 6. The molecule has 37 heavy (non-hydrogen) atoms. The summed E-state index contributed by atoms with van der Waals surface area (Å²) in [5.41, 5.74) is 4.86. The van der Waals surface area contributed by atoms with Gasteiger partial charge in [-0.25, -0.2) is 9.78 Å². The maximum Gasteiger partial charge on any atom is 0.410 e. The molecule has 0 radical (unpaired) electrons. The quantitative estimate of drug-likeness (QED) is 0.471. The van der Waals surface area contributed by atoms with E-state index in [1.54, 1.807) is 40.0 Å². The monoisotopic (exact) mass is 502 g/mol. The van der Waals surface area contributed by atoms with Crippen molar-refractivity contribution < 1.29 is 19.1 Å². The largest absolute Gasteiger partial charge is 0.444 e. The van der Waals surface area contributed by atoms with Crippen molar-refractivity contribution in [3.8, 4) is 11.3 Å². The zero-order valence-corrected chi connectivity index (χ0v) is 22.1. The van der Waals surface area contributed by atoms with E-state index in [9.17, 15) is 14.4 Å². The summed E-state index contributed by atoms with van der Waals surface area (Å²) in [5.74, 6) is 0.135. The Bertz CT molecular complexity index is 1310. The number of hydrogen-bond acceptors (Lipinski definition) is 5. The van der Waals surface area contributed by atoms with Crippen LogP contribution >= 0.6 is 0 Å². The van der Waals surface area contributed by atoms with E-state index < -0.39 is 17.7 Å². The van der Waals surface area contributed by atoms with Gasteiger partial charge in [-0.05, 0) is 63.8 Å². The van der Waals surface area contributed by atoms with Gasteiger partial charge >= 0.3 is 6.09 Å². The number of aromatic amines is 1. The predicted molar refractivity (Wildman–Crippen MR) is 143 cm³/mol. The number of nitrogens with one attached hydrogen (secondary N) is 2. The molecule has 2 aromatic heterocycles. The molecule has 8 nitrogen and oxygen atoms in total. The van der Waals surface area contributed by atoms with Gasteiger partial charge in [0.25, 0.3) is 0 Å². The Morgan fingerprint density at radius 1 is 1.16 bits per heavy atom. The molecule has 1 aliphatic carbocycles. The Morgan fingerprint density at radius 2 is 1.89 bits per heavy atom. The van der Waals surface area contributed by atoms with Crippen LogP contribution < -0.4 is 5.32 Å². The molecule has 2 amide bonds. The smallest absolute Gasteiger partial charge is 0.410 e. The molecule has 1 aromatic carbocycles. The molecule has 0 aliphatic heterocycles. The lowest BCUT2D eigenvalue weighted by molar-refractivity contribution is -0.120. The van der Waals surface area contributed by atoms with Crippen molar-refractivity contribution in [3.63, 3.8) is 0 Å². The predicted octanol–water partition coefficient (Wildman–Crippen LogP) is 5.38. The molecule has 3 aromatic rings. The lowest BCUT2D eigenvalue weighted by atomic mass is 9.90. The Hall–Kier alpha value is -3.94. The Balaban J connectivity index is 1.60. The maximum absolute atomic E-state index is 12.9. The van der Waals surface area contributed by atoms with Gasteiger partial charge in [0.2, 0.25) is 5.91 Å².